The summed E-state index contributed by atoms with van der Waals surface area (Å²) < 4.78 is 10.6. The van der Waals surface area contributed by atoms with Crippen LogP contribution in [0.25, 0.3) is 0 Å². The van der Waals surface area contributed by atoms with Crippen molar-refractivity contribution in [2.45, 2.75) is 19.8 Å². The molecule has 1 aromatic carbocycles. The molecule has 2 heteroatoms. The standard InChI is InChI=1S/C13H16O2/c1-3-4-5-8-11-15-13-10-7-6-9-12(13)14-2/h6-7,9-10H,3-4,11H2,1-2H3. The quantitative estimate of drug-likeness (QED) is 0.702. The van der Waals surface area contributed by atoms with Crippen LogP contribution in [0.5, 0.6) is 11.5 Å². The van der Waals surface area contributed by atoms with E-state index in [-0.39, 0.29) is 0 Å². The van der Waals surface area contributed by atoms with Crippen LogP contribution in [0.1, 0.15) is 19.8 Å². The fraction of sp³-hybridized carbons (Fsp3) is 0.385. The lowest BCUT2D eigenvalue weighted by Gasteiger charge is -2.07. The van der Waals surface area contributed by atoms with Crippen LogP contribution in [0.4, 0.5) is 0 Å². The summed E-state index contributed by atoms with van der Waals surface area (Å²) in [6.07, 6.45) is 2.01. The Morgan fingerprint density at radius 1 is 1.13 bits per heavy atom. The Kier molecular flexibility index (Phi) is 5.18. The average Bonchev–Trinajstić information content (AvgIpc) is 2.29. The van der Waals surface area contributed by atoms with Crippen molar-refractivity contribution in [3.8, 4) is 23.3 Å². The topological polar surface area (TPSA) is 18.5 Å². The van der Waals surface area contributed by atoms with Crippen molar-refractivity contribution >= 4 is 0 Å². The Morgan fingerprint density at radius 3 is 2.53 bits per heavy atom. The lowest BCUT2D eigenvalue weighted by atomic mass is 10.3. The Morgan fingerprint density at radius 2 is 1.87 bits per heavy atom. The van der Waals surface area contributed by atoms with E-state index in [1.807, 2.05) is 24.3 Å². The predicted octanol–water partition coefficient (Wildman–Crippen LogP) is 2.88. The molecule has 0 unspecified atom stereocenters. The second-order valence-corrected chi connectivity index (χ2v) is 3.04. The number of para-hydroxylation sites is 2. The van der Waals surface area contributed by atoms with Crippen LogP contribution in [-0.4, -0.2) is 13.7 Å². The molecule has 1 aromatic rings. The Labute approximate surface area is 91.2 Å². The van der Waals surface area contributed by atoms with Crippen LogP contribution in [0, 0.1) is 11.8 Å². The average molecular weight is 204 g/mol. The van der Waals surface area contributed by atoms with E-state index in [9.17, 15) is 0 Å². The molecular formula is C13H16O2. The van der Waals surface area contributed by atoms with Gasteiger partial charge >= 0.3 is 0 Å². The summed E-state index contributed by atoms with van der Waals surface area (Å²) in [6, 6.07) is 7.57. The van der Waals surface area contributed by atoms with Gasteiger partial charge in [0, 0.05) is 6.42 Å². The lowest BCUT2D eigenvalue weighted by Crippen LogP contribution is -1.96. The summed E-state index contributed by atoms with van der Waals surface area (Å²) in [7, 11) is 1.63. The molecule has 0 radical (unpaired) electrons. The maximum atomic E-state index is 5.48. The normalized spacial score (nSPS) is 8.93. The maximum Gasteiger partial charge on any atom is 0.162 e. The highest BCUT2D eigenvalue weighted by molar-refractivity contribution is 5.39. The molecule has 0 aliphatic heterocycles. The molecule has 0 bridgehead atoms. The van der Waals surface area contributed by atoms with Gasteiger partial charge in [-0.3, -0.25) is 0 Å². The molecule has 0 spiro atoms. The number of unbranched alkanes of at least 4 members (excludes halogenated alkanes) is 1. The molecule has 0 fully saturated rings. The first-order chi connectivity index (χ1) is 7.38. The molecule has 0 heterocycles. The SMILES string of the molecule is CCCC#CCOc1ccccc1OC. The first kappa shape index (κ1) is 11.5. The highest BCUT2D eigenvalue weighted by Crippen LogP contribution is 2.25. The van der Waals surface area contributed by atoms with Crippen molar-refractivity contribution in [1.82, 2.24) is 0 Å². The minimum atomic E-state index is 0.417. The molecule has 0 aliphatic rings. The van der Waals surface area contributed by atoms with Crippen LogP contribution < -0.4 is 9.47 Å². The van der Waals surface area contributed by atoms with Crippen molar-refractivity contribution in [1.29, 1.82) is 0 Å². The van der Waals surface area contributed by atoms with Crippen molar-refractivity contribution in [2.75, 3.05) is 13.7 Å². The van der Waals surface area contributed by atoms with Gasteiger partial charge in [-0.1, -0.05) is 30.9 Å². The number of methoxy groups -OCH3 is 1. The smallest absolute Gasteiger partial charge is 0.162 e. The Bertz CT molecular complexity index is 347. The van der Waals surface area contributed by atoms with Crippen molar-refractivity contribution in [2.24, 2.45) is 0 Å². The molecule has 0 saturated heterocycles. The van der Waals surface area contributed by atoms with Gasteiger partial charge in [0.2, 0.25) is 0 Å². The highest BCUT2D eigenvalue weighted by atomic mass is 16.5. The molecule has 0 aliphatic carbocycles. The number of hydrogen-bond acceptors (Lipinski definition) is 2. The van der Waals surface area contributed by atoms with E-state index in [0.717, 1.165) is 24.3 Å². The lowest BCUT2D eigenvalue weighted by molar-refractivity contribution is 0.331. The summed E-state index contributed by atoms with van der Waals surface area (Å²) in [4.78, 5) is 0. The molecule has 0 amide bonds. The number of ether oxygens (including phenoxy) is 2. The Hall–Kier alpha value is -1.62. The van der Waals surface area contributed by atoms with Crippen LogP contribution >= 0.6 is 0 Å². The third-order valence-corrected chi connectivity index (χ3v) is 1.87. The summed E-state index contributed by atoms with van der Waals surface area (Å²) >= 11 is 0. The van der Waals surface area contributed by atoms with Gasteiger partial charge in [0.05, 0.1) is 7.11 Å². The molecule has 0 N–H and O–H groups in total. The largest absolute Gasteiger partial charge is 0.493 e. The van der Waals surface area contributed by atoms with Gasteiger partial charge in [-0.15, -0.1) is 0 Å². The van der Waals surface area contributed by atoms with Gasteiger partial charge in [-0.05, 0) is 18.6 Å². The monoisotopic (exact) mass is 204 g/mol. The molecule has 15 heavy (non-hydrogen) atoms. The first-order valence-corrected chi connectivity index (χ1v) is 5.10. The van der Waals surface area contributed by atoms with E-state index in [2.05, 4.69) is 18.8 Å². The summed E-state index contributed by atoms with van der Waals surface area (Å²) in [5.74, 6) is 7.47. The second kappa shape index (κ2) is 6.78. The number of rotatable bonds is 4. The van der Waals surface area contributed by atoms with Gasteiger partial charge in [0.25, 0.3) is 0 Å². The van der Waals surface area contributed by atoms with Crippen LogP contribution in [0.2, 0.25) is 0 Å². The van der Waals surface area contributed by atoms with Gasteiger partial charge < -0.3 is 9.47 Å². The van der Waals surface area contributed by atoms with E-state index in [1.54, 1.807) is 7.11 Å². The molecule has 80 valence electrons. The molecule has 0 saturated carbocycles. The zero-order valence-electron chi connectivity index (χ0n) is 9.25. The van der Waals surface area contributed by atoms with Crippen molar-refractivity contribution in [3.63, 3.8) is 0 Å². The number of hydrogen-bond donors (Lipinski definition) is 0. The zero-order valence-corrected chi connectivity index (χ0v) is 9.25. The summed E-state index contributed by atoms with van der Waals surface area (Å²) in [5.41, 5.74) is 0. The second-order valence-electron chi connectivity index (χ2n) is 3.04. The molecule has 2 nitrogen and oxygen atoms in total. The van der Waals surface area contributed by atoms with Crippen LogP contribution in [0.15, 0.2) is 24.3 Å². The van der Waals surface area contributed by atoms with E-state index >= 15 is 0 Å². The molecular weight excluding hydrogens is 188 g/mol. The summed E-state index contributed by atoms with van der Waals surface area (Å²) in [5, 5.41) is 0. The fourth-order valence-electron chi connectivity index (χ4n) is 1.12. The molecule has 0 aromatic heterocycles. The molecule has 1 rings (SSSR count). The minimum absolute atomic E-state index is 0.417. The third-order valence-electron chi connectivity index (χ3n) is 1.87. The number of benzene rings is 1. The van der Waals surface area contributed by atoms with E-state index in [1.165, 1.54) is 0 Å². The Balaban J connectivity index is 2.47. The van der Waals surface area contributed by atoms with E-state index < -0.39 is 0 Å². The zero-order chi connectivity index (χ0) is 10.9. The minimum Gasteiger partial charge on any atom is -0.493 e. The van der Waals surface area contributed by atoms with E-state index in [4.69, 9.17) is 9.47 Å². The predicted molar refractivity (Wildman–Crippen MR) is 61.2 cm³/mol. The van der Waals surface area contributed by atoms with Gasteiger partial charge in [0.15, 0.2) is 11.5 Å². The van der Waals surface area contributed by atoms with Crippen molar-refractivity contribution < 1.29 is 9.47 Å². The maximum absolute atomic E-state index is 5.48. The molecule has 0 atom stereocenters. The van der Waals surface area contributed by atoms with Gasteiger partial charge in [-0.2, -0.15) is 0 Å². The highest BCUT2D eigenvalue weighted by Gasteiger charge is 1.99. The van der Waals surface area contributed by atoms with Crippen LogP contribution in [-0.2, 0) is 0 Å². The van der Waals surface area contributed by atoms with Gasteiger partial charge in [0.1, 0.15) is 6.61 Å². The van der Waals surface area contributed by atoms with Gasteiger partial charge in [-0.25, -0.2) is 0 Å². The third kappa shape index (κ3) is 3.95. The van der Waals surface area contributed by atoms with Crippen LogP contribution in [0.3, 0.4) is 0 Å². The fourth-order valence-corrected chi connectivity index (χ4v) is 1.12. The van der Waals surface area contributed by atoms with Crippen molar-refractivity contribution in [3.05, 3.63) is 24.3 Å². The first-order valence-electron chi connectivity index (χ1n) is 5.10. The summed E-state index contributed by atoms with van der Waals surface area (Å²) in [6.45, 7) is 2.52. The van der Waals surface area contributed by atoms with E-state index in [0.29, 0.717) is 6.61 Å².